The SMILES string of the molecule is COc1cc(-c2cc(F)cc(C(=O)Nc3ccccc3N3CCCC3)c2)ncn1. The first-order chi connectivity index (χ1) is 14.1. The number of hydrogen-bond acceptors (Lipinski definition) is 5. The van der Waals surface area contributed by atoms with Crippen LogP contribution in [0.1, 0.15) is 23.2 Å². The maximum atomic E-state index is 14.3. The van der Waals surface area contributed by atoms with Crippen LogP contribution in [0.15, 0.2) is 54.9 Å². The lowest BCUT2D eigenvalue weighted by molar-refractivity contribution is 0.102. The van der Waals surface area contributed by atoms with Gasteiger partial charge in [-0.3, -0.25) is 4.79 Å². The normalized spacial score (nSPS) is 13.4. The number of nitrogens with zero attached hydrogens (tertiary/aromatic N) is 3. The minimum absolute atomic E-state index is 0.216. The van der Waals surface area contributed by atoms with Crippen molar-refractivity contribution >= 4 is 17.3 Å². The number of benzene rings is 2. The number of amides is 1. The lowest BCUT2D eigenvalue weighted by atomic mass is 10.1. The van der Waals surface area contributed by atoms with Crippen LogP contribution in [0.25, 0.3) is 11.3 Å². The maximum Gasteiger partial charge on any atom is 0.255 e. The van der Waals surface area contributed by atoms with Crippen LogP contribution in [0.2, 0.25) is 0 Å². The quantitative estimate of drug-likeness (QED) is 0.707. The Hall–Kier alpha value is -3.48. The molecule has 7 heteroatoms. The molecule has 29 heavy (non-hydrogen) atoms. The van der Waals surface area contributed by atoms with Gasteiger partial charge in [-0.1, -0.05) is 12.1 Å². The molecule has 0 atom stereocenters. The van der Waals surface area contributed by atoms with Gasteiger partial charge in [0, 0.05) is 30.3 Å². The fourth-order valence-corrected chi connectivity index (χ4v) is 3.49. The van der Waals surface area contributed by atoms with Crippen molar-refractivity contribution in [3.05, 3.63) is 66.2 Å². The number of anilines is 2. The summed E-state index contributed by atoms with van der Waals surface area (Å²) in [5, 5.41) is 2.93. The number of carbonyl (C=O) groups is 1. The predicted octanol–water partition coefficient (Wildman–Crippen LogP) is 4.14. The molecule has 0 bridgehead atoms. The molecule has 1 amide bonds. The molecule has 1 aromatic heterocycles. The van der Waals surface area contributed by atoms with E-state index >= 15 is 0 Å². The van der Waals surface area contributed by atoms with Gasteiger partial charge in [0.05, 0.1) is 24.2 Å². The second kappa shape index (κ2) is 8.26. The fraction of sp³-hybridized carbons (Fsp3) is 0.227. The predicted molar refractivity (Wildman–Crippen MR) is 110 cm³/mol. The summed E-state index contributed by atoms with van der Waals surface area (Å²) in [6.45, 7) is 1.93. The number of hydrogen-bond donors (Lipinski definition) is 1. The van der Waals surface area contributed by atoms with E-state index in [4.69, 9.17) is 4.74 Å². The van der Waals surface area contributed by atoms with E-state index < -0.39 is 5.82 Å². The third-order valence-corrected chi connectivity index (χ3v) is 4.91. The first-order valence-electron chi connectivity index (χ1n) is 9.46. The van der Waals surface area contributed by atoms with Crippen molar-refractivity contribution in [3.8, 4) is 17.1 Å². The second-order valence-corrected chi connectivity index (χ2v) is 6.84. The molecule has 0 aliphatic carbocycles. The Labute approximate surface area is 168 Å². The van der Waals surface area contributed by atoms with Gasteiger partial charge in [0.2, 0.25) is 5.88 Å². The molecule has 6 nitrogen and oxygen atoms in total. The maximum absolute atomic E-state index is 14.3. The number of aromatic nitrogens is 2. The summed E-state index contributed by atoms with van der Waals surface area (Å²) in [6.07, 6.45) is 3.61. The van der Waals surface area contributed by atoms with Crippen molar-refractivity contribution in [1.29, 1.82) is 0 Å². The van der Waals surface area contributed by atoms with Crippen LogP contribution in [-0.4, -0.2) is 36.1 Å². The van der Waals surface area contributed by atoms with Crippen molar-refractivity contribution in [1.82, 2.24) is 9.97 Å². The van der Waals surface area contributed by atoms with Crippen LogP contribution in [0.4, 0.5) is 15.8 Å². The van der Waals surface area contributed by atoms with Crippen molar-refractivity contribution in [3.63, 3.8) is 0 Å². The zero-order valence-electron chi connectivity index (χ0n) is 16.1. The number of rotatable bonds is 5. The Kier molecular flexibility index (Phi) is 5.37. The van der Waals surface area contributed by atoms with Crippen molar-refractivity contribution in [2.45, 2.75) is 12.8 Å². The molecular weight excluding hydrogens is 371 g/mol. The molecule has 1 N–H and O–H groups in total. The van der Waals surface area contributed by atoms with Crippen LogP contribution >= 0.6 is 0 Å². The molecule has 4 rings (SSSR count). The number of ether oxygens (including phenoxy) is 1. The zero-order chi connectivity index (χ0) is 20.2. The Morgan fingerprint density at radius 3 is 2.69 bits per heavy atom. The van der Waals surface area contributed by atoms with E-state index in [1.165, 1.54) is 25.6 Å². The summed E-state index contributed by atoms with van der Waals surface area (Å²) < 4.78 is 19.4. The van der Waals surface area contributed by atoms with Gasteiger partial charge in [-0.25, -0.2) is 14.4 Å². The van der Waals surface area contributed by atoms with Gasteiger partial charge in [-0.05, 0) is 43.2 Å². The van der Waals surface area contributed by atoms with Gasteiger partial charge >= 0.3 is 0 Å². The van der Waals surface area contributed by atoms with Crippen LogP contribution < -0.4 is 15.0 Å². The molecule has 1 aliphatic heterocycles. The zero-order valence-corrected chi connectivity index (χ0v) is 16.1. The number of carbonyl (C=O) groups excluding carboxylic acids is 1. The van der Waals surface area contributed by atoms with Gasteiger partial charge in [0.1, 0.15) is 12.1 Å². The minimum Gasteiger partial charge on any atom is -0.481 e. The molecule has 2 heterocycles. The summed E-state index contributed by atoms with van der Waals surface area (Å²) in [5.74, 6) is -0.527. The Balaban J connectivity index is 1.62. The lowest BCUT2D eigenvalue weighted by Crippen LogP contribution is -2.21. The van der Waals surface area contributed by atoms with Crippen LogP contribution in [-0.2, 0) is 0 Å². The lowest BCUT2D eigenvalue weighted by Gasteiger charge is -2.21. The van der Waals surface area contributed by atoms with E-state index in [0.717, 1.165) is 31.6 Å². The smallest absolute Gasteiger partial charge is 0.255 e. The van der Waals surface area contributed by atoms with E-state index in [2.05, 4.69) is 20.2 Å². The number of para-hydroxylation sites is 2. The molecule has 0 saturated carbocycles. The first-order valence-corrected chi connectivity index (χ1v) is 9.46. The summed E-state index contributed by atoms with van der Waals surface area (Å²) in [6, 6.07) is 13.4. The van der Waals surface area contributed by atoms with E-state index in [-0.39, 0.29) is 11.5 Å². The second-order valence-electron chi connectivity index (χ2n) is 6.84. The highest BCUT2D eigenvalue weighted by Gasteiger charge is 2.18. The van der Waals surface area contributed by atoms with Crippen LogP contribution in [0.3, 0.4) is 0 Å². The Morgan fingerprint density at radius 1 is 1.10 bits per heavy atom. The van der Waals surface area contributed by atoms with Gasteiger partial charge in [0.25, 0.3) is 5.91 Å². The average molecular weight is 392 g/mol. The largest absolute Gasteiger partial charge is 0.481 e. The molecule has 1 aliphatic rings. The van der Waals surface area contributed by atoms with Crippen LogP contribution in [0, 0.1) is 5.82 Å². The highest BCUT2D eigenvalue weighted by atomic mass is 19.1. The first kappa shape index (κ1) is 18.9. The monoisotopic (exact) mass is 392 g/mol. The van der Waals surface area contributed by atoms with Crippen molar-refractivity contribution in [2.75, 3.05) is 30.4 Å². The van der Waals surface area contributed by atoms with E-state index in [0.29, 0.717) is 22.8 Å². The molecule has 1 fully saturated rings. The standard InChI is InChI=1S/C22H21FN4O2/c1-29-21-13-19(24-14-25-21)15-10-16(12-17(23)11-15)22(28)26-18-6-2-3-7-20(18)27-8-4-5-9-27/h2-3,6-7,10-14H,4-5,8-9H2,1H3,(H,26,28). The van der Waals surface area contributed by atoms with Gasteiger partial charge < -0.3 is 15.0 Å². The number of nitrogens with one attached hydrogen (secondary N) is 1. The molecule has 0 radical (unpaired) electrons. The highest BCUT2D eigenvalue weighted by molar-refractivity contribution is 6.06. The molecule has 148 valence electrons. The third kappa shape index (κ3) is 4.18. The third-order valence-electron chi connectivity index (χ3n) is 4.91. The Morgan fingerprint density at radius 2 is 1.90 bits per heavy atom. The topological polar surface area (TPSA) is 67.3 Å². The summed E-state index contributed by atoms with van der Waals surface area (Å²) in [4.78, 5) is 23.2. The number of methoxy groups -OCH3 is 1. The van der Waals surface area contributed by atoms with Gasteiger partial charge in [0.15, 0.2) is 0 Å². The molecule has 0 spiro atoms. The van der Waals surface area contributed by atoms with E-state index in [9.17, 15) is 9.18 Å². The van der Waals surface area contributed by atoms with Crippen molar-refractivity contribution in [2.24, 2.45) is 0 Å². The summed E-state index contributed by atoms with van der Waals surface area (Å²) >= 11 is 0. The molecule has 1 saturated heterocycles. The molecule has 2 aromatic carbocycles. The minimum atomic E-state index is -0.516. The summed E-state index contributed by atoms with van der Waals surface area (Å²) in [5.41, 5.74) is 2.87. The van der Waals surface area contributed by atoms with Gasteiger partial charge in [-0.2, -0.15) is 0 Å². The molecule has 0 unspecified atom stereocenters. The van der Waals surface area contributed by atoms with E-state index in [1.807, 2.05) is 24.3 Å². The van der Waals surface area contributed by atoms with Gasteiger partial charge in [-0.15, -0.1) is 0 Å². The molecular formula is C22H21FN4O2. The summed E-state index contributed by atoms with van der Waals surface area (Å²) in [7, 11) is 1.49. The number of halogens is 1. The van der Waals surface area contributed by atoms with E-state index in [1.54, 1.807) is 12.1 Å². The fourth-order valence-electron chi connectivity index (χ4n) is 3.49. The van der Waals surface area contributed by atoms with Crippen LogP contribution in [0.5, 0.6) is 5.88 Å². The average Bonchev–Trinajstić information content (AvgIpc) is 3.28. The Bertz CT molecular complexity index is 1030. The molecule has 3 aromatic rings. The van der Waals surface area contributed by atoms with Crippen molar-refractivity contribution < 1.29 is 13.9 Å². The highest BCUT2D eigenvalue weighted by Crippen LogP contribution is 2.29.